The van der Waals surface area contributed by atoms with Gasteiger partial charge in [0.05, 0.1) is 10.6 Å². The van der Waals surface area contributed by atoms with Gasteiger partial charge in [-0.25, -0.2) is 22.1 Å². The number of thiophene rings is 1. The summed E-state index contributed by atoms with van der Waals surface area (Å²) in [7, 11) is -2.35. The second-order valence-electron chi connectivity index (χ2n) is 8.21. The van der Waals surface area contributed by atoms with Gasteiger partial charge >= 0.3 is 0 Å². The predicted octanol–water partition coefficient (Wildman–Crippen LogP) is 4.57. The van der Waals surface area contributed by atoms with Crippen LogP contribution in [0.3, 0.4) is 0 Å². The molecule has 0 spiro atoms. The van der Waals surface area contributed by atoms with E-state index < -0.39 is 21.4 Å². The van der Waals surface area contributed by atoms with Crippen LogP contribution in [0.1, 0.15) is 11.8 Å². The molecule has 0 fully saturated rings. The van der Waals surface area contributed by atoms with Crippen molar-refractivity contribution in [2.24, 2.45) is 10.7 Å². The molecule has 0 amide bonds. The van der Waals surface area contributed by atoms with Gasteiger partial charge in [-0.05, 0) is 41.3 Å². The number of pyridine rings is 1. The van der Waals surface area contributed by atoms with Crippen LogP contribution in [0.25, 0.3) is 32.3 Å². The number of sulfonamides is 1. The van der Waals surface area contributed by atoms with Crippen molar-refractivity contribution in [3.05, 3.63) is 77.7 Å². The van der Waals surface area contributed by atoms with Crippen molar-refractivity contribution >= 4 is 37.4 Å². The van der Waals surface area contributed by atoms with Crippen LogP contribution in [0.5, 0.6) is 0 Å². The molecule has 9 heteroatoms. The molecule has 6 nitrogen and oxygen atoms in total. The summed E-state index contributed by atoms with van der Waals surface area (Å²) in [4.78, 5) is 8.68. The van der Waals surface area contributed by atoms with Gasteiger partial charge in [0.1, 0.15) is 11.4 Å². The van der Waals surface area contributed by atoms with Crippen LogP contribution < -0.4 is 5.73 Å². The minimum Gasteiger partial charge on any atom is -0.369 e. The second-order valence-corrected chi connectivity index (χ2v) is 11.2. The van der Waals surface area contributed by atoms with E-state index in [9.17, 15) is 8.42 Å². The zero-order valence-corrected chi connectivity index (χ0v) is 19.6. The van der Waals surface area contributed by atoms with Gasteiger partial charge in [-0.1, -0.05) is 42.5 Å². The maximum absolute atomic E-state index is 15.6. The number of rotatable bonds is 3. The molecule has 2 aromatic carbocycles. The zero-order valence-electron chi connectivity index (χ0n) is 18.0. The lowest BCUT2D eigenvalue weighted by Crippen LogP contribution is -2.50. The number of hydrogen-bond donors (Lipinski definition) is 1. The van der Waals surface area contributed by atoms with Gasteiger partial charge in [0.2, 0.25) is 16.0 Å². The normalized spacial score (nSPS) is 20.1. The number of aliphatic imine (C=N–C) groups is 1. The molecule has 2 aromatic heterocycles. The van der Waals surface area contributed by atoms with Crippen LogP contribution in [0.2, 0.25) is 0 Å². The lowest BCUT2D eigenvalue weighted by Gasteiger charge is -2.33. The Morgan fingerprint density at radius 1 is 1.03 bits per heavy atom. The van der Waals surface area contributed by atoms with Crippen LogP contribution >= 0.6 is 11.3 Å². The summed E-state index contributed by atoms with van der Waals surface area (Å²) >= 11 is 1.23. The standard InChI is InChI=1S/C24H21FN4O2S2/c1-24(14-33(30,31)29(2)23(26)28-24)22-20(25)19-5-3-4-18(21(19)32-22)17-8-6-15(7-9-17)16-10-12-27-13-11-16/h3-13H,14H2,1-2H3,(H2,26,28). The van der Waals surface area contributed by atoms with E-state index >= 15 is 4.39 Å². The maximum Gasteiger partial charge on any atom is 0.239 e. The fraction of sp³-hybridized carbons (Fsp3) is 0.167. The van der Waals surface area contributed by atoms with Gasteiger partial charge in [0.15, 0.2) is 0 Å². The van der Waals surface area contributed by atoms with E-state index in [0.717, 1.165) is 31.3 Å². The van der Waals surface area contributed by atoms with Gasteiger partial charge in [-0.2, -0.15) is 0 Å². The van der Waals surface area contributed by atoms with E-state index in [1.54, 1.807) is 31.5 Å². The molecule has 1 atom stereocenters. The van der Waals surface area contributed by atoms with Crippen molar-refractivity contribution in [3.63, 3.8) is 0 Å². The van der Waals surface area contributed by atoms with Gasteiger partial charge in [0.25, 0.3) is 0 Å². The Kier molecular flexibility index (Phi) is 4.98. The summed E-state index contributed by atoms with van der Waals surface area (Å²) in [6, 6.07) is 17.4. The topological polar surface area (TPSA) is 88.7 Å². The van der Waals surface area contributed by atoms with E-state index in [1.165, 1.54) is 18.4 Å². The lowest BCUT2D eigenvalue weighted by atomic mass is 9.99. The van der Waals surface area contributed by atoms with Crippen LogP contribution in [0.4, 0.5) is 4.39 Å². The molecule has 0 saturated carbocycles. The molecule has 1 aliphatic rings. The van der Waals surface area contributed by atoms with Crippen molar-refractivity contribution < 1.29 is 12.8 Å². The second kappa shape index (κ2) is 7.64. The highest BCUT2D eigenvalue weighted by molar-refractivity contribution is 7.89. The SMILES string of the molecule is CN1C(N)=NC(C)(c2sc3c(-c4ccc(-c5ccncc5)cc4)cccc3c2F)CS1(=O)=O. The van der Waals surface area contributed by atoms with Crippen LogP contribution in [0, 0.1) is 5.82 Å². The molecule has 5 rings (SSSR count). The monoisotopic (exact) mass is 480 g/mol. The number of hydrogen-bond acceptors (Lipinski definition) is 6. The zero-order chi connectivity index (χ0) is 23.4. The first kappa shape index (κ1) is 21.5. The summed E-state index contributed by atoms with van der Waals surface area (Å²) in [6.07, 6.45) is 3.50. The molecular formula is C24H21FN4O2S2. The van der Waals surface area contributed by atoms with Crippen LogP contribution in [-0.4, -0.2) is 36.5 Å². The molecule has 168 valence electrons. The van der Waals surface area contributed by atoms with E-state index in [2.05, 4.69) is 9.98 Å². The van der Waals surface area contributed by atoms with Crippen molar-refractivity contribution in [1.29, 1.82) is 0 Å². The van der Waals surface area contributed by atoms with Gasteiger partial charge < -0.3 is 5.73 Å². The van der Waals surface area contributed by atoms with E-state index in [4.69, 9.17) is 5.73 Å². The summed E-state index contributed by atoms with van der Waals surface area (Å²) in [5, 5.41) is 0.442. The van der Waals surface area contributed by atoms with E-state index in [0.29, 0.717) is 5.39 Å². The first-order valence-electron chi connectivity index (χ1n) is 10.2. The van der Waals surface area contributed by atoms with E-state index in [1.807, 2.05) is 42.5 Å². The highest BCUT2D eigenvalue weighted by atomic mass is 32.2. The minimum absolute atomic E-state index is 0.146. The number of halogens is 1. The first-order valence-corrected chi connectivity index (χ1v) is 12.7. The fourth-order valence-electron chi connectivity index (χ4n) is 4.12. The minimum atomic E-state index is -3.70. The average Bonchev–Trinajstić information content (AvgIpc) is 3.15. The largest absolute Gasteiger partial charge is 0.369 e. The summed E-state index contributed by atoms with van der Waals surface area (Å²) in [5.41, 5.74) is 8.50. The molecule has 0 radical (unpaired) electrons. The third-order valence-corrected chi connectivity index (χ3v) is 9.33. The molecule has 0 bridgehead atoms. The maximum atomic E-state index is 15.6. The predicted molar refractivity (Wildman–Crippen MR) is 131 cm³/mol. The Bertz CT molecular complexity index is 1500. The summed E-state index contributed by atoms with van der Waals surface area (Å²) in [5.74, 6) is -0.951. The Balaban J connectivity index is 1.62. The van der Waals surface area contributed by atoms with Crippen LogP contribution in [-0.2, 0) is 15.6 Å². The Morgan fingerprint density at radius 3 is 2.33 bits per heavy atom. The van der Waals surface area contributed by atoms with Gasteiger partial charge in [0, 0.05) is 29.5 Å². The molecule has 3 heterocycles. The van der Waals surface area contributed by atoms with Gasteiger partial charge in [-0.3, -0.25) is 4.98 Å². The Labute approximate surface area is 195 Å². The molecular weight excluding hydrogens is 459 g/mol. The molecule has 4 aromatic rings. The molecule has 1 unspecified atom stereocenters. The fourth-order valence-corrected chi connectivity index (χ4v) is 6.95. The average molecular weight is 481 g/mol. The van der Waals surface area contributed by atoms with Crippen LogP contribution in [0.15, 0.2) is 72.0 Å². The molecule has 0 saturated heterocycles. The summed E-state index contributed by atoms with van der Waals surface area (Å²) in [6.45, 7) is 1.61. The molecule has 1 aliphatic heterocycles. The number of fused-ring (bicyclic) bond motifs is 1. The smallest absolute Gasteiger partial charge is 0.239 e. The highest BCUT2D eigenvalue weighted by Crippen LogP contribution is 2.44. The number of nitrogens with zero attached hydrogens (tertiary/aromatic N) is 3. The molecule has 0 aliphatic carbocycles. The third kappa shape index (κ3) is 3.57. The quantitative estimate of drug-likeness (QED) is 0.465. The summed E-state index contributed by atoms with van der Waals surface area (Å²) < 4.78 is 42.5. The Hall–Kier alpha value is -3.30. The van der Waals surface area contributed by atoms with Crippen molar-refractivity contribution in [1.82, 2.24) is 9.29 Å². The van der Waals surface area contributed by atoms with Crippen molar-refractivity contribution in [2.45, 2.75) is 12.5 Å². The highest BCUT2D eigenvalue weighted by Gasteiger charge is 2.43. The van der Waals surface area contributed by atoms with E-state index in [-0.39, 0.29) is 16.6 Å². The number of benzene rings is 2. The lowest BCUT2D eigenvalue weighted by molar-refractivity contribution is 0.467. The van der Waals surface area contributed by atoms with Crippen molar-refractivity contribution in [3.8, 4) is 22.3 Å². The first-order chi connectivity index (χ1) is 15.7. The molecule has 2 N–H and O–H groups in total. The number of guanidine groups is 1. The van der Waals surface area contributed by atoms with Gasteiger partial charge in [-0.15, -0.1) is 11.3 Å². The third-order valence-electron chi connectivity index (χ3n) is 5.92. The number of nitrogens with two attached hydrogens (primary N) is 1. The Morgan fingerprint density at radius 2 is 1.67 bits per heavy atom. The molecule has 33 heavy (non-hydrogen) atoms. The van der Waals surface area contributed by atoms with Crippen molar-refractivity contribution in [2.75, 3.05) is 12.8 Å². The number of aromatic nitrogens is 1.